The van der Waals surface area contributed by atoms with Gasteiger partial charge in [0.2, 0.25) is 0 Å². The van der Waals surface area contributed by atoms with Crippen LogP contribution in [0.3, 0.4) is 0 Å². The van der Waals surface area contributed by atoms with E-state index in [9.17, 15) is 5.11 Å². The Balaban J connectivity index is 3.03. The Labute approximate surface area is 89.7 Å². The van der Waals surface area contributed by atoms with Crippen LogP contribution in [0, 0.1) is 5.92 Å². The van der Waals surface area contributed by atoms with Gasteiger partial charge in [-0.25, -0.2) is 0 Å². The van der Waals surface area contributed by atoms with E-state index in [2.05, 4.69) is 0 Å². The molecule has 0 radical (unpaired) electrons. The maximum absolute atomic E-state index is 10.2. The highest BCUT2D eigenvalue weighted by atomic mass is 35.5. The van der Waals surface area contributed by atoms with Gasteiger partial charge in [-0.2, -0.15) is 0 Å². The van der Waals surface area contributed by atoms with E-state index in [0.717, 1.165) is 5.56 Å². The first-order valence-electron chi connectivity index (χ1n) is 4.67. The number of nitrogens with two attached hydrogens (primary N) is 1. The first-order chi connectivity index (χ1) is 6.48. The van der Waals surface area contributed by atoms with Gasteiger partial charge in [0.1, 0.15) is 0 Å². The highest BCUT2D eigenvalue weighted by Gasteiger charge is 2.29. The van der Waals surface area contributed by atoms with E-state index in [1.54, 1.807) is 19.1 Å². The third kappa shape index (κ3) is 2.27. The summed E-state index contributed by atoms with van der Waals surface area (Å²) >= 11 is 5.86. The van der Waals surface area contributed by atoms with E-state index < -0.39 is 5.60 Å². The second kappa shape index (κ2) is 4.30. The lowest BCUT2D eigenvalue weighted by Crippen LogP contribution is -2.34. The Bertz CT molecular complexity index is 312. The quantitative estimate of drug-likeness (QED) is 0.808. The number of aliphatic hydroxyl groups is 1. The van der Waals surface area contributed by atoms with Crippen LogP contribution in [-0.2, 0) is 5.60 Å². The number of hydrogen-bond acceptors (Lipinski definition) is 2. The van der Waals surface area contributed by atoms with Crippen molar-refractivity contribution >= 4 is 11.6 Å². The second-order valence-electron chi connectivity index (χ2n) is 3.79. The van der Waals surface area contributed by atoms with E-state index in [1.807, 2.05) is 19.1 Å². The molecule has 3 heteroatoms. The van der Waals surface area contributed by atoms with Crippen LogP contribution in [0.1, 0.15) is 19.4 Å². The normalized spacial score (nSPS) is 17.5. The van der Waals surface area contributed by atoms with Gasteiger partial charge in [-0.05, 0) is 31.2 Å². The van der Waals surface area contributed by atoms with E-state index in [-0.39, 0.29) is 5.92 Å². The predicted molar refractivity (Wildman–Crippen MR) is 59.2 cm³/mol. The zero-order chi connectivity index (χ0) is 10.8. The summed E-state index contributed by atoms with van der Waals surface area (Å²) in [5, 5.41) is 10.9. The van der Waals surface area contributed by atoms with Crippen molar-refractivity contribution in [2.24, 2.45) is 11.7 Å². The molecule has 0 bridgehead atoms. The van der Waals surface area contributed by atoms with E-state index in [0.29, 0.717) is 11.6 Å². The van der Waals surface area contributed by atoms with Gasteiger partial charge in [0, 0.05) is 10.9 Å². The molecular weight excluding hydrogens is 198 g/mol. The molecule has 0 aliphatic carbocycles. The monoisotopic (exact) mass is 213 g/mol. The molecule has 0 fully saturated rings. The topological polar surface area (TPSA) is 46.2 Å². The average molecular weight is 214 g/mol. The molecule has 14 heavy (non-hydrogen) atoms. The molecule has 0 amide bonds. The minimum atomic E-state index is -0.917. The molecule has 0 spiro atoms. The van der Waals surface area contributed by atoms with Crippen molar-refractivity contribution in [2.45, 2.75) is 19.4 Å². The fourth-order valence-electron chi connectivity index (χ4n) is 1.32. The van der Waals surface area contributed by atoms with Gasteiger partial charge >= 0.3 is 0 Å². The zero-order valence-electron chi connectivity index (χ0n) is 8.50. The van der Waals surface area contributed by atoms with Crippen LogP contribution in [0.5, 0.6) is 0 Å². The van der Waals surface area contributed by atoms with Crippen molar-refractivity contribution < 1.29 is 5.11 Å². The molecule has 78 valence electrons. The summed E-state index contributed by atoms with van der Waals surface area (Å²) in [7, 11) is 0. The van der Waals surface area contributed by atoms with Crippen molar-refractivity contribution in [1.82, 2.24) is 0 Å². The lowest BCUT2D eigenvalue weighted by molar-refractivity contribution is 0.00520. The highest BCUT2D eigenvalue weighted by Crippen LogP contribution is 2.29. The summed E-state index contributed by atoms with van der Waals surface area (Å²) < 4.78 is 0. The van der Waals surface area contributed by atoms with Crippen LogP contribution >= 0.6 is 11.6 Å². The molecule has 3 N–H and O–H groups in total. The van der Waals surface area contributed by atoms with E-state index in [1.165, 1.54) is 0 Å². The van der Waals surface area contributed by atoms with Crippen LogP contribution in [-0.4, -0.2) is 11.7 Å². The minimum absolute atomic E-state index is 0.000895. The largest absolute Gasteiger partial charge is 0.385 e. The first-order valence-corrected chi connectivity index (χ1v) is 5.04. The molecule has 0 saturated carbocycles. The van der Waals surface area contributed by atoms with Crippen molar-refractivity contribution in [3.8, 4) is 0 Å². The summed E-state index contributed by atoms with van der Waals surface area (Å²) in [5.74, 6) is 0.000895. The van der Waals surface area contributed by atoms with E-state index in [4.69, 9.17) is 17.3 Å². The predicted octanol–water partition coefficient (Wildman–Crippen LogP) is 2.14. The summed E-state index contributed by atoms with van der Waals surface area (Å²) in [6.45, 7) is 4.12. The lowest BCUT2D eigenvalue weighted by Gasteiger charge is -2.30. The highest BCUT2D eigenvalue weighted by molar-refractivity contribution is 6.30. The number of halogens is 1. The van der Waals surface area contributed by atoms with Crippen molar-refractivity contribution in [3.05, 3.63) is 34.9 Å². The van der Waals surface area contributed by atoms with Gasteiger partial charge < -0.3 is 10.8 Å². The SMILES string of the molecule is CC(CN)C(C)(O)c1cccc(Cl)c1. The lowest BCUT2D eigenvalue weighted by atomic mass is 9.84. The Hall–Kier alpha value is -0.570. The molecule has 0 aliphatic heterocycles. The maximum atomic E-state index is 10.2. The molecule has 1 aromatic carbocycles. The summed E-state index contributed by atoms with van der Waals surface area (Å²) in [5.41, 5.74) is 5.43. The molecular formula is C11H16ClNO. The fourth-order valence-corrected chi connectivity index (χ4v) is 1.51. The molecule has 0 saturated heterocycles. The van der Waals surface area contributed by atoms with Crippen molar-refractivity contribution in [3.63, 3.8) is 0 Å². The van der Waals surface area contributed by atoms with Crippen LogP contribution in [0.25, 0.3) is 0 Å². The molecule has 1 aromatic rings. The molecule has 0 aromatic heterocycles. The molecule has 0 heterocycles. The third-order valence-electron chi connectivity index (χ3n) is 2.72. The average Bonchev–Trinajstić information content (AvgIpc) is 2.16. The van der Waals surface area contributed by atoms with Gasteiger partial charge in [0.15, 0.2) is 0 Å². The first kappa shape index (κ1) is 11.5. The number of benzene rings is 1. The van der Waals surface area contributed by atoms with Crippen LogP contribution < -0.4 is 5.73 Å². The summed E-state index contributed by atoms with van der Waals surface area (Å²) in [6, 6.07) is 7.25. The molecule has 0 aliphatic rings. The maximum Gasteiger partial charge on any atom is 0.0906 e. The van der Waals surface area contributed by atoms with Crippen molar-refractivity contribution in [2.75, 3.05) is 6.54 Å². The summed E-state index contributed by atoms with van der Waals surface area (Å²) in [6.07, 6.45) is 0. The van der Waals surface area contributed by atoms with Gasteiger partial charge in [-0.3, -0.25) is 0 Å². The Morgan fingerprint density at radius 3 is 2.71 bits per heavy atom. The summed E-state index contributed by atoms with van der Waals surface area (Å²) in [4.78, 5) is 0. The van der Waals surface area contributed by atoms with Gasteiger partial charge in [-0.15, -0.1) is 0 Å². The molecule has 2 atom stereocenters. The molecule has 2 nitrogen and oxygen atoms in total. The molecule has 2 unspecified atom stereocenters. The van der Waals surface area contributed by atoms with Gasteiger partial charge in [0.05, 0.1) is 5.60 Å². The Morgan fingerprint density at radius 1 is 1.57 bits per heavy atom. The number of rotatable bonds is 3. The Kier molecular flexibility index (Phi) is 3.53. The number of hydrogen-bond donors (Lipinski definition) is 2. The van der Waals surface area contributed by atoms with Crippen molar-refractivity contribution in [1.29, 1.82) is 0 Å². The van der Waals surface area contributed by atoms with Crippen LogP contribution in [0.4, 0.5) is 0 Å². The minimum Gasteiger partial charge on any atom is -0.385 e. The fraction of sp³-hybridized carbons (Fsp3) is 0.455. The third-order valence-corrected chi connectivity index (χ3v) is 2.96. The smallest absolute Gasteiger partial charge is 0.0906 e. The van der Waals surface area contributed by atoms with Gasteiger partial charge in [0.25, 0.3) is 0 Å². The standard InChI is InChI=1S/C11H16ClNO/c1-8(7-13)11(2,14)9-4-3-5-10(12)6-9/h3-6,8,14H,7,13H2,1-2H3. The van der Waals surface area contributed by atoms with Gasteiger partial charge in [-0.1, -0.05) is 30.7 Å². The Morgan fingerprint density at radius 2 is 2.21 bits per heavy atom. The molecule has 1 rings (SSSR count). The van der Waals surface area contributed by atoms with Crippen LogP contribution in [0.2, 0.25) is 5.02 Å². The van der Waals surface area contributed by atoms with Crippen LogP contribution in [0.15, 0.2) is 24.3 Å². The van der Waals surface area contributed by atoms with E-state index >= 15 is 0 Å². The second-order valence-corrected chi connectivity index (χ2v) is 4.23. The zero-order valence-corrected chi connectivity index (χ0v) is 9.25.